The molecule has 1 heterocycles. The van der Waals surface area contributed by atoms with E-state index in [1.54, 1.807) is 0 Å². The quantitative estimate of drug-likeness (QED) is 0.699. The number of likely N-dealkylation sites (tertiary alicyclic amines) is 1. The molecule has 0 bridgehead atoms. The van der Waals surface area contributed by atoms with Crippen molar-refractivity contribution in [3.8, 4) is 0 Å². The molecule has 1 saturated heterocycles. The van der Waals surface area contributed by atoms with Gasteiger partial charge in [-0.25, -0.2) is 0 Å². The summed E-state index contributed by atoms with van der Waals surface area (Å²) in [5.41, 5.74) is 0. The summed E-state index contributed by atoms with van der Waals surface area (Å²) >= 11 is 0. The molecular weight excluding hydrogens is 220 g/mol. The van der Waals surface area contributed by atoms with Crippen LogP contribution in [0.3, 0.4) is 0 Å². The number of rotatable bonds is 7. The van der Waals surface area contributed by atoms with Crippen molar-refractivity contribution >= 4 is 0 Å². The van der Waals surface area contributed by atoms with Gasteiger partial charge in [-0.2, -0.15) is 0 Å². The summed E-state index contributed by atoms with van der Waals surface area (Å²) in [7, 11) is 0. The van der Waals surface area contributed by atoms with E-state index in [0.717, 1.165) is 18.4 Å². The second-order valence-corrected chi connectivity index (χ2v) is 6.48. The zero-order valence-corrected chi connectivity index (χ0v) is 13.0. The van der Waals surface area contributed by atoms with Gasteiger partial charge >= 0.3 is 0 Å². The van der Waals surface area contributed by atoms with E-state index in [4.69, 9.17) is 0 Å². The monoisotopic (exact) mass is 254 g/mol. The summed E-state index contributed by atoms with van der Waals surface area (Å²) < 4.78 is 0. The molecule has 1 aliphatic heterocycles. The van der Waals surface area contributed by atoms with Crippen molar-refractivity contribution < 1.29 is 0 Å². The SMILES string of the molecule is CCC1CCCN(C(C)CNCCC(C)C)CC1. The molecule has 0 radical (unpaired) electrons. The van der Waals surface area contributed by atoms with Gasteiger partial charge in [0.1, 0.15) is 0 Å². The van der Waals surface area contributed by atoms with Gasteiger partial charge in [0.05, 0.1) is 0 Å². The second kappa shape index (κ2) is 8.92. The number of hydrogen-bond acceptors (Lipinski definition) is 2. The fourth-order valence-electron chi connectivity index (χ4n) is 2.87. The van der Waals surface area contributed by atoms with Gasteiger partial charge in [0.25, 0.3) is 0 Å². The van der Waals surface area contributed by atoms with E-state index in [0.29, 0.717) is 6.04 Å². The Morgan fingerprint density at radius 2 is 1.94 bits per heavy atom. The van der Waals surface area contributed by atoms with Crippen molar-refractivity contribution in [2.24, 2.45) is 11.8 Å². The average Bonchev–Trinajstić information content (AvgIpc) is 2.59. The second-order valence-electron chi connectivity index (χ2n) is 6.48. The van der Waals surface area contributed by atoms with Gasteiger partial charge in [0.2, 0.25) is 0 Å². The third kappa shape index (κ3) is 6.19. The van der Waals surface area contributed by atoms with Crippen LogP contribution >= 0.6 is 0 Å². The molecule has 2 atom stereocenters. The largest absolute Gasteiger partial charge is 0.315 e. The van der Waals surface area contributed by atoms with E-state index in [2.05, 4.69) is 37.9 Å². The summed E-state index contributed by atoms with van der Waals surface area (Å²) in [6.07, 6.45) is 6.92. The summed E-state index contributed by atoms with van der Waals surface area (Å²) in [6, 6.07) is 0.702. The van der Waals surface area contributed by atoms with Gasteiger partial charge in [-0.05, 0) is 64.1 Å². The molecule has 2 heteroatoms. The Labute approximate surface area is 115 Å². The van der Waals surface area contributed by atoms with Gasteiger partial charge in [0, 0.05) is 12.6 Å². The lowest BCUT2D eigenvalue weighted by Crippen LogP contribution is -2.41. The van der Waals surface area contributed by atoms with E-state index < -0.39 is 0 Å². The minimum absolute atomic E-state index is 0.702. The van der Waals surface area contributed by atoms with Crippen LogP contribution in [0.25, 0.3) is 0 Å². The van der Waals surface area contributed by atoms with Crippen LogP contribution in [0, 0.1) is 11.8 Å². The standard InChI is InChI=1S/C16H34N2/c1-5-16-7-6-11-18(12-9-16)15(4)13-17-10-8-14(2)3/h14-17H,5-13H2,1-4H3. The maximum absolute atomic E-state index is 3.62. The fourth-order valence-corrected chi connectivity index (χ4v) is 2.87. The highest BCUT2D eigenvalue weighted by Crippen LogP contribution is 2.21. The normalized spacial score (nSPS) is 24.2. The van der Waals surface area contributed by atoms with Gasteiger partial charge in [-0.1, -0.05) is 27.2 Å². The highest BCUT2D eigenvalue weighted by Gasteiger charge is 2.19. The Morgan fingerprint density at radius 1 is 1.17 bits per heavy atom. The summed E-state index contributed by atoms with van der Waals surface area (Å²) in [4.78, 5) is 2.69. The minimum atomic E-state index is 0.702. The first-order valence-corrected chi connectivity index (χ1v) is 8.08. The molecule has 1 rings (SSSR count). The van der Waals surface area contributed by atoms with Crippen molar-refractivity contribution in [2.45, 2.75) is 65.8 Å². The van der Waals surface area contributed by atoms with Crippen LogP contribution in [0.15, 0.2) is 0 Å². The lowest BCUT2D eigenvalue weighted by molar-refractivity contribution is 0.209. The van der Waals surface area contributed by atoms with Crippen LogP contribution in [0.4, 0.5) is 0 Å². The Kier molecular flexibility index (Phi) is 7.92. The van der Waals surface area contributed by atoms with Crippen molar-refractivity contribution in [1.29, 1.82) is 0 Å². The highest BCUT2D eigenvalue weighted by atomic mass is 15.2. The highest BCUT2D eigenvalue weighted by molar-refractivity contribution is 4.75. The predicted molar refractivity (Wildman–Crippen MR) is 81.0 cm³/mol. The molecule has 2 unspecified atom stereocenters. The Morgan fingerprint density at radius 3 is 2.61 bits per heavy atom. The Balaban J connectivity index is 2.18. The lowest BCUT2D eigenvalue weighted by Gasteiger charge is -2.28. The Hall–Kier alpha value is -0.0800. The third-order valence-corrected chi connectivity index (χ3v) is 4.42. The number of nitrogens with zero attached hydrogens (tertiary/aromatic N) is 1. The smallest absolute Gasteiger partial charge is 0.0192 e. The minimum Gasteiger partial charge on any atom is -0.315 e. The maximum Gasteiger partial charge on any atom is 0.0192 e. The third-order valence-electron chi connectivity index (χ3n) is 4.42. The number of nitrogens with one attached hydrogen (secondary N) is 1. The molecule has 0 aromatic heterocycles. The van der Waals surface area contributed by atoms with Gasteiger partial charge < -0.3 is 5.32 Å². The molecule has 1 N–H and O–H groups in total. The topological polar surface area (TPSA) is 15.3 Å². The number of hydrogen-bond donors (Lipinski definition) is 1. The molecule has 0 spiro atoms. The first-order valence-electron chi connectivity index (χ1n) is 8.08. The van der Waals surface area contributed by atoms with Crippen LogP contribution in [-0.4, -0.2) is 37.1 Å². The molecular formula is C16H34N2. The van der Waals surface area contributed by atoms with Crippen LogP contribution < -0.4 is 5.32 Å². The maximum atomic E-state index is 3.62. The van der Waals surface area contributed by atoms with E-state index in [9.17, 15) is 0 Å². The molecule has 1 aliphatic rings. The molecule has 2 nitrogen and oxygen atoms in total. The van der Waals surface area contributed by atoms with E-state index in [1.165, 1.54) is 51.7 Å². The van der Waals surface area contributed by atoms with Gasteiger partial charge in [-0.3, -0.25) is 4.90 Å². The zero-order valence-electron chi connectivity index (χ0n) is 13.0. The molecule has 0 amide bonds. The van der Waals surface area contributed by atoms with E-state index >= 15 is 0 Å². The van der Waals surface area contributed by atoms with E-state index in [-0.39, 0.29) is 0 Å². The Bertz CT molecular complexity index is 203. The fraction of sp³-hybridized carbons (Fsp3) is 1.00. The molecule has 0 saturated carbocycles. The van der Waals surface area contributed by atoms with Crippen LogP contribution in [0.5, 0.6) is 0 Å². The summed E-state index contributed by atoms with van der Waals surface area (Å²) in [5, 5.41) is 3.62. The first kappa shape index (κ1) is 16.0. The summed E-state index contributed by atoms with van der Waals surface area (Å²) in [5.74, 6) is 1.80. The van der Waals surface area contributed by atoms with Crippen molar-refractivity contribution in [2.75, 3.05) is 26.2 Å². The average molecular weight is 254 g/mol. The van der Waals surface area contributed by atoms with Crippen molar-refractivity contribution in [3.63, 3.8) is 0 Å². The first-order chi connectivity index (χ1) is 8.63. The van der Waals surface area contributed by atoms with Crippen molar-refractivity contribution in [1.82, 2.24) is 10.2 Å². The lowest BCUT2D eigenvalue weighted by atomic mass is 9.98. The molecule has 0 aromatic rings. The summed E-state index contributed by atoms with van der Waals surface area (Å²) in [6.45, 7) is 14.3. The molecule has 1 fully saturated rings. The molecule has 18 heavy (non-hydrogen) atoms. The van der Waals surface area contributed by atoms with Gasteiger partial charge in [-0.15, -0.1) is 0 Å². The zero-order chi connectivity index (χ0) is 13.4. The molecule has 0 aliphatic carbocycles. The predicted octanol–water partition coefficient (Wildman–Crippen LogP) is 3.52. The van der Waals surface area contributed by atoms with Crippen LogP contribution in [0.1, 0.15) is 59.8 Å². The van der Waals surface area contributed by atoms with Crippen molar-refractivity contribution in [3.05, 3.63) is 0 Å². The molecule has 0 aromatic carbocycles. The van der Waals surface area contributed by atoms with Gasteiger partial charge in [0.15, 0.2) is 0 Å². The molecule has 108 valence electrons. The van der Waals surface area contributed by atoms with Crippen LogP contribution in [-0.2, 0) is 0 Å². The van der Waals surface area contributed by atoms with Crippen LogP contribution in [0.2, 0.25) is 0 Å². The van der Waals surface area contributed by atoms with E-state index in [1.807, 2.05) is 0 Å².